The molecule has 0 N–H and O–H groups in total. The zero-order valence-corrected chi connectivity index (χ0v) is 13.0. The Morgan fingerprint density at radius 2 is 1.37 bits per heavy atom. The molecular formula is C17H32O2. The van der Waals surface area contributed by atoms with Gasteiger partial charge < -0.3 is 4.74 Å². The van der Waals surface area contributed by atoms with Gasteiger partial charge in [-0.15, -0.1) is 0 Å². The number of carbonyl (C=O) groups excluding carboxylic acids is 1. The second-order valence-electron chi connectivity index (χ2n) is 5.16. The van der Waals surface area contributed by atoms with Crippen LogP contribution in [0.1, 0.15) is 84.5 Å². The van der Waals surface area contributed by atoms with Crippen LogP contribution in [0.15, 0.2) is 12.2 Å². The SMILES string of the molecule is CC/C=C\C(=O)OCCCCCCCCCCCC. The predicted octanol–water partition coefficient (Wildman–Crippen LogP) is 5.42. The number of ether oxygens (including phenoxy) is 1. The number of hydrogen-bond acceptors (Lipinski definition) is 2. The molecule has 0 heterocycles. The van der Waals surface area contributed by atoms with Crippen molar-refractivity contribution in [3.63, 3.8) is 0 Å². The highest BCUT2D eigenvalue weighted by Crippen LogP contribution is 2.10. The third kappa shape index (κ3) is 15.2. The van der Waals surface area contributed by atoms with E-state index in [0.717, 1.165) is 12.8 Å². The van der Waals surface area contributed by atoms with E-state index < -0.39 is 0 Å². The Bertz CT molecular complexity index is 221. The molecular weight excluding hydrogens is 236 g/mol. The average molecular weight is 268 g/mol. The van der Waals surface area contributed by atoms with Crippen LogP contribution in [0.3, 0.4) is 0 Å². The van der Waals surface area contributed by atoms with Gasteiger partial charge in [0.15, 0.2) is 0 Å². The smallest absolute Gasteiger partial charge is 0.330 e. The first-order valence-corrected chi connectivity index (χ1v) is 8.14. The van der Waals surface area contributed by atoms with E-state index in [1.165, 1.54) is 63.9 Å². The van der Waals surface area contributed by atoms with Crippen LogP contribution >= 0.6 is 0 Å². The molecule has 0 amide bonds. The highest BCUT2D eigenvalue weighted by Gasteiger charge is 1.96. The third-order valence-electron chi connectivity index (χ3n) is 3.23. The largest absolute Gasteiger partial charge is 0.463 e. The Kier molecular flexibility index (Phi) is 14.6. The molecule has 0 rings (SSSR count). The molecule has 0 saturated carbocycles. The van der Waals surface area contributed by atoms with E-state index in [1.807, 2.05) is 13.0 Å². The lowest BCUT2D eigenvalue weighted by molar-refractivity contribution is -0.137. The summed E-state index contributed by atoms with van der Waals surface area (Å²) in [7, 11) is 0. The van der Waals surface area contributed by atoms with Gasteiger partial charge in [0, 0.05) is 6.08 Å². The van der Waals surface area contributed by atoms with Crippen molar-refractivity contribution in [2.24, 2.45) is 0 Å². The van der Waals surface area contributed by atoms with E-state index in [1.54, 1.807) is 0 Å². The van der Waals surface area contributed by atoms with Crippen molar-refractivity contribution in [1.29, 1.82) is 0 Å². The molecule has 0 atom stereocenters. The summed E-state index contributed by atoms with van der Waals surface area (Å²) in [5.41, 5.74) is 0. The molecule has 0 radical (unpaired) electrons. The van der Waals surface area contributed by atoms with Crippen LogP contribution in [0.5, 0.6) is 0 Å². The van der Waals surface area contributed by atoms with Crippen molar-refractivity contribution in [2.75, 3.05) is 6.61 Å². The van der Waals surface area contributed by atoms with Crippen LogP contribution in [0, 0.1) is 0 Å². The topological polar surface area (TPSA) is 26.3 Å². The second kappa shape index (κ2) is 15.3. The molecule has 2 nitrogen and oxygen atoms in total. The van der Waals surface area contributed by atoms with Crippen LogP contribution in [0.25, 0.3) is 0 Å². The summed E-state index contributed by atoms with van der Waals surface area (Å²) in [5, 5.41) is 0. The van der Waals surface area contributed by atoms with Gasteiger partial charge in [0.1, 0.15) is 0 Å². The Labute approximate surface area is 119 Å². The predicted molar refractivity (Wildman–Crippen MR) is 82.2 cm³/mol. The maximum atomic E-state index is 11.2. The Hall–Kier alpha value is -0.790. The minimum absolute atomic E-state index is 0.197. The van der Waals surface area contributed by atoms with Gasteiger partial charge in [-0.3, -0.25) is 0 Å². The first-order chi connectivity index (χ1) is 9.31. The van der Waals surface area contributed by atoms with Crippen LogP contribution in [0.2, 0.25) is 0 Å². The lowest BCUT2D eigenvalue weighted by atomic mass is 10.1. The van der Waals surface area contributed by atoms with E-state index in [0.29, 0.717) is 6.61 Å². The molecule has 0 bridgehead atoms. The van der Waals surface area contributed by atoms with E-state index in [-0.39, 0.29) is 5.97 Å². The van der Waals surface area contributed by atoms with E-state index in [4.69, 9.17) is 4.74 Å². The summed E-state index contributed by atoms with van der Waals surface area (Å²) in [5.74, 6) is -0.197. The highest BCUT2D eigenvalue weighted by atomic mass is 16.5. The lowest BCUT2D eigenvalue weighted by Gasteiger charge is -2.03. The number of allylic oxidation sites excluding steroid dienone is 1. The monoisotopic (exact) mass is 268 g/mol. The Morgan fingerprint density at radius 3 is 1.89 bits per heavy atom. The van der Waals surface area contributed by atoms with Crippen molar-refractivity contribution in [2.45, 2.75) is 84.5 Å². The standard InChI is InChI=1S/C17H32O2/c1-3-5-7-8-9-10-11-12-13-14-16-19-17(18)15-6-4-2/h6,15H,3-5,7-14,16H2,1-2H3/b15-6-. The summed E-state index contributed by atoms with van der Waals surface area (Å²) in [4.78, 5) is 11.2. The summed E-state index contributed by atoms with van der Waals surface area (Å²) in [6, 6.07) is 0. The third-order valence-corrected chi connectivity index (χ3v) is 3.23. The number of unbranched alkanes of at least 4 members (excludes halogenated alkanes) is 9. The summed E-state index contributed by atoms with van der Waals surface area (Å²) < 4.78 is 5.09. The quantitative estimate of drug-likeness (QED) is 0.253. The molecule has 19 heavy (non-hydrogen) atoms. The Morgan fingerprint density at radius 1 is 0.842 bits per heavy atom. The summed E-state index contributed by atoms with van der Waals surface area (Å²) in [6.07, 6.45) is 17.3. The van der Waals surface area contributed by atoms with Crippen LogP contribution in [0.4, 0.5) is 0 Å². The van der Waals surface area contributed by atoms with Crippen LogP contribution in [-0.2, 0) is 9.53 Å². The van der Waals surface area contributed by atoms with E-state index >= 15 is 0 Å². The molecule has 0 unspecified atom stereocenters. The zero-order valence-electron chi connectivity index (χ0n) is 13.0. The van der Waals surface area contributed by atoms with Crippen LogP contribution < -0.4 is 0 Å². The summed E-state index contributed by atoms with van der Waals surface area (Å²) >= 11 is 0. The van der Waals surface area contributed by atoms with Gasteiger partial charge in [-0.05, 0) is 12.8 Å². The van der Waals surface area contributed by atoms with Crippen molar-refractivity contribution in [3.8, 4) is 0 Å². The van der Waals surface area contributed by atoms with Gasteiger partial charge in [-0.1, -0.05) is 77.7 Å². The van der Waals surface area contributed by atoms with Gasteiger partial charge in [-0.25, -0.2) is 4.79 Å². The van der Waals surface area contributed by atoms with Crippen molar-refractivity contribution < 1.29 is 9.53 Å². The molecule has 0 aliphatic carbocycles. The normalized spacial score (nSPS) is 11.1. The van der Waals surface area contributed by atoms with Crippen molar-refractivity contribution >= 4 is 5.97 Å². The van der Waals surface area contributed by atoms with Gasteiger partial charge >= 0.3 is 5.97 Å². The summed E-state index contributed by atoms with van der Waals surface area (Å²) in [6.45, 7) is 4.83. The molecule has 0 aliphatic heterocycles. The lowest BCUT2D eigenvalue weighted by Crippen LogP contribution is -2.02. The minimum atomic E-state index is -0.197. The van der Waals surface area contributed by atoms with Gasteiger partial charge in [0.05, 0.1) is 6.61 Å². The number of carbonyl (C=O) groups is 1. The van der Waals surface area contributed by atoms with Crippen molar-refractivity contribution in [3.05, 3.63) is 12.2 Å². The van der Waals surface area contributed by atoms with E-state index in [2.05, 4.69) is 6.92 Å². The average Bonchev–Trinajstić information content (AvgIpc) is 2.42. The molecule has 0 aromatic heterocycles. The maximum Gasteiger partial charge on any atom is 0.330 e. The molecule has 0 fully saturated rings. The molecule has 0 aromatic rings. The molecule has 0 saturated heterocycles. The minimum Gasteiger partial charge on any atom is -0.463 e. The number of hydrogen-bond donors (Lipinski definition) is 0. The molecule has 0 spiro atoms. The maximum absolute atomic E-state index is 11.2. The molecule has 2 heteroatoms. The van der Waals surface area contributed by atoms with Gasteiger partial charge in [0.2, 0.25) is 0 Å². The second-order valence-corrected chi connectivity index (χ2v) is 5.16. The van der Waals surface area contributed by atoms with Gasteiger partial charge in [-0.2, -0.15) is 0 Å². The molecule has 0 aromatic carbocycles. The molecule has 0 aliphatic rings. The Balaban J connectivity index is 3.10. The first-order valence-electron chi connectivity index (χ1n) is 8.14. The molecule has 112 valence electrons. The fraction of sp³-hybridized carbons (Fsp3) is 0.824. The number of rotatable bonds is 13. The van der Waals surface area contributed by atoms with Crippen molar-refractivity contribution in [1.82, 2.24) is 0 Å². The van der Waals surface area contributed by atoms with E-state index in [9.17, 15) is 4.79 Å². The highest BCUT2D eigenvalue weighted by molar-refractivity contribution is 5.81. The van der Waals surface area contributed by atoms with Gasteiger partial charge in [0.25, 0.3) is 0 Å². The number of esters is 1. The van der Waals surface area contributed by atoms with Crippen LogP contribution in [-0.4, -0.2) is 12.6 Å². The fourth-order valence-corrected chi connectivity index (χ4v) is 2.02. The fourth-order valence-electron chi connectivity index (χ4n) is 2.02. The zero-order chi connectivity index (χ0) is 14.2. The first kappa shape index (κ1) is 18.2.